The van der Waals surface area contributed by atoms with Gasteiger partial charge in [0.25, 0.3) is 5.91 Å². The number of fused-ring (bicyclic) bond motifs is 1. The Bertz CT molecular complexity index is 787. The van der Waals surface area contributed by atoms with Gasteiger partial charge in [-0.1, -0.05) is 38.5 Å². The van der Waals surface area contributed by atoms with Gasteiger partial charge in [-0.05, 0) is 68.1 Å². The van der Waals surface area contributed by atoms with Crippen LogP contribution in [0.25, 0.3) is 0 Å². The van der Waals surface area contributed by atoms with Gasteiger partial charge in [0.2, 0.25) is 0 Å². The third-order valence-electron chi connectivity index (χ3n) is 5.54. The molecular formula is C22H29NOS. The topological polar surface area (TPSA) is 29.1 Å². The Kier molecular flexibility index (Phi) is 4.80. The SMILES string of the molecule is Cc1cc(C)c(NC(=O)c2csc3c2CCC(C(C)(C)C)C3)c(C)c1. The summed E-state index contributed by atoms with van der Waals surface area (Å²) in [6.45, 7) is 13.2. The fourth-order valence-electron chi connectivity index (χ4n) is 4.00. The maximum absolute atomic E-state index is 12.9. The Morgan fingerprint density at radius 1 is 1.16 bits per heavy atom. The summed E-state index contributed by atoms with van der Waals surface area (Å²) in [5.74, 6) is 0.748. The number of benzene rings is 1. The number of nitrogens with one attached hydrogen (secondary N) is 1. The van der Waals surface area contributed by atoms with Crippen molar-refractivity contribution in [2.75, 3.05) is 5.32 Å². The second-order valence-electron chi connectivity index (χ2n) is 8.58. The quantitative estimate of drug-likeness (QED) is 0.695. The first-order valence-corrected chi connectivity index (χ1v) is 10.0. The molecule has 0 radical (unpaired) electrons. The number of amides is 1. The predicted molar refractivity (Wildman–Crippen MR) is 108 cm³/mol. The first-order chi connectivity index (χ1) is 11.7. The predicted octanol–water partition coefficient (Wildman–Crippen LogP) is 6.08. The van der Waals surface area contributed by atoms with Gasteiger partial charge in [-0.25, -0.2) is 0 Å². The second kappa shape index (κ2) is 6.60. The lowest BCUT2D eigenvalue weighted by Crippen LogP contribution is -2.27. The van der Waals surface area contributed by atoms with E-state index in [1.165, 1.54) is 22.4 Å². The molecule has 1 aromatic heterocycles. The van der Waals surface area contributed by atoms with Crippen molar-refractivity contribution in [2.45, 2.75) is 60.8 Å². The van der Waals surface area contributed by atoms with Crippen molar-refractivity contribution in [3.05, 3.63) is 50.2 Å². The Labute approximate surface area is 155 Å². The molecular weight excluding hydrogens is 326 g/mol. The average molecular weight is 356 g/mol. The number of rotatable bonds is 2. The number of carbonyl (C=O) groups excluding carboxylic acids is 1. The van der Waals surface area contributed by atoms with Crippen molar-refractivity contribution in [2.24, 2.45) is 11.3 Å². The van der Waals surface area contributed by atoms with E-state index in [9.17, 15) is 4.79 Å². The van der Waals surface area contributed by atoms with E-state index in [0.29, 0.717) is 11.3 Å². The molecule has 1 heterocycles. The molecule has 0 aliphatic heterocycles. The Morgan fingerprint density at radius 2 is 1.80 bits per heavy atom. The Hall–Kier alpha value is -1.61. The van der Waals surface area contributed by atoms with Crippen LogP contribution in [0.15, 0.2) is 17.5 Å². The number of carbonyl (C=O) groups is 1. The summed E-state index contributed by atoms with van der Waals surface area (Å²) >= 11 is 1.76. The molecule has 1 aromatic carbocycles. The number of hydrogen-bond acceptors (Lipinski definition) is 2. The van der Waals surface area contributed by atoms with E-state index in [1.807, 2.05) is 0 Å². The fraction of sp³-hybridized carbons (Fsp3) is 0.500. The molecule has 0 spiro atoms. The summed E-state index contributed by atoms with van der Waals surface area (Å²) in [5.41, 5.74) is 6.94. The number of hydrogen-bond donors (Lipinski definition) is 1. The van der Waals surface area contributed by atoms with Crippen molar-refractivity contribution >= 4 is 22.9 Å². The highest BCUT2D eigenvalue weighted by Gasteiger charge is 2.31. The molecule has 1 N–H and O–H groups in total. The highest BCUT2D eigenvalue weighted by Crippen LogP contribution is 2.40. The third-order valence-corrected chi connectivity index (χ3v) is 6.59. The van der Waals surface area contributed by atoms with Crippen molar-refractivity contribution < 1.29 is 4.79 Å². The summed E-state index contributed by atoms with van der Waals surface area (Å²) in [5, 5.41) is 5.23. The number of thiophene rings is 1. The van der Waals surface area contributed by atoms with E-state index in [1.54, 1.807) is 11.3 Å². The normalized spacial score (nSPS) is 17.3. The van der Waals surface area contributed by atoms with Gasteiger partial charge in [0, 0.05) is 15.9 Å². The van der Waals surface area contributed by atoms with E-state index < -0.39 is 0 Å². The summed E-state index contributed by atoms with van der Waals surface area (Å²) in [4.78, 5) is 14.3. The molecule has 0 saturated heterocycles. The van der Waals surface area contributed by atoms with Gasteiger partial charge < -0.3 is 5.32 Å². The zero-order chi connectivity index (χ0) is 18.4. The largest absolute Gasteiger partial charge is 0.321 e. The smallest absolute Gasteiger partial charge is 0.256 e. The van der Waals surface area contributed by atoms with Crippen molar-refractivity contribution in [1.29, 1.82) is 0 Å². The van der Waals surface area contributed by atoms with Crippen molar-refractivity contribution in [1.82, 2.24) is 0 Å². The highest BCUT2D eigenvalue weighted by atomic mass is 32.1. The van der Waals surface area contributed by atoms with Gasteiger partial charge >= 0.3 is 0 Å². The van der Waals surface area contributed by atoms with Gasteiger partial charge in [0.1, 0.15) is 0 Å². The van der Waals surface area contributed by atoms with Crippen LogP contribution in [0.4, 0.5) is 5.69 Å². The van der Waals surface area contributed by atoms with Gasteiger partial charge in [-0.15, -0.1) is 11.3 Å². The third kappa shape index (κ3) is 3.67. The van der Waals surface area contributed by atoms with Gasteiger partial charge in [-0.2, -0.15) is 0 Å². The van der Waals surface area contributed by atoms with Crippen LogP contribution in [0.5, 0.6) is 0 Å². The van der Waals surface area contributed by atoms with Gasteiger partial charge in [0.15, 0.2) is 0 Å². The first-order valence-electron chi connectivity index (χ1n) is 9.15. The van der Waals surface area contributed by atoms with E-state index in [4.69, 9.17) is 0 Å². The lowest BCUT2D eigenvalue weighted by Gasteiger charge is -2.34. The molecule has 0 saturated carbocycles. The minimum Gasteiger partial charge on any atom is -0.321 e. The van der Waals surface area contributed by atoms with Crippen LogP contribution >= 0.6 is 11.3 Å². The van der Waals surface area contributed by atoms with Crippen LogP contribution in [-0.2, 0) is 12.8 Å². The number of aryl methyl sites for hydroxylation is 3. The fourth-order valence-corrected chi connectivity index (χ4v) is 5.16. The summed E-state index contributed by atoms with van der Waals surface area (Å²) < 4.78 is 0. The molecule has 1 aliphatic rings. The zero-order valence-corrected chi connectivity index (χ0v) is 17.1. The van der Waals surface area contributed by atoms with Crippen molar-refractivity contribution in [3.63, 3.8) is 0 Å². The molecule has 134 valence electrons. The van der Waals surface area contributed by atoms with Crippen molar-refractivity contribution in [3.8, 4) is 0 Å². The average Bonchev–Trinajstić information content (AvgIpc) is 2.93. The van der Waals surface area contributed by atoms with Crippen LogP contribution in [0, 0.1) is 32.1 Å². The lowest BCUT2D eigenvalue weighted by atomic mass is 9.72. The van der Waals surface area contributed by atoms with Crippen LogP contribution in [0.2, 0.25) is 0 Å². The highest BCUT2D eigenvalue weighted by molar-refractivity contribution is 7.10. The Balaban J connectivity index is 1.83. The van der Waals surface area contributed by atoms with E-state index in [0.717, 1.165) is 35.2 Å². The molecule has 0 fully saturated rings. The van der Waals surface area contributed by atoms with Crippen LogP contribution in [-0.4, -0.2) is 5.91 Å². The molecule has 25 heavy (non-hydrogen) atoms. The molecule has 0 bridgehead atoms. The standard InChI is InChI=1S/C22H29NOS/c1-13-9-14(2)20(15(3)10-13)23-21(24)18-12-25-19-11-16(22(4,5)6)7-8-17(18)19/h9-10,12,16H,7-8,11H2,1-6H3,(H,23,24). The molecule has 2 nitrogen and oxygen atoms in total. The summed E-state index contributed by atoms with van der Waals surface area (Å²) in [6, 6.07) is 4.25. The molecule has 2 aromatic rings. The van der Waals surface area contributed by atoms with Crippen LogP contribution in [0.1, 0.15) is 64.7 Å². The lowest BCUT2D eigenvalue weighted by molar-refractivity contribution is 0.102. The molecule has 1 amide bonds. The maximum Gasteiger partial charge on any atom is 0.256 e. The first kappa shape index (κ1) is 18.2. The van der Waals surface area contributed by atoms with Gasteiger partial charge in [-0.3, -0.25) is 4.79 Å². The minimum absolute atomic E-state index is 0.0433. The van der Waals surface area contributed by atoms with E-state index in [-0.39, 0.29) is 5.91 Å². The molecule has 1 aliphatic carbocycles. The summed E-state index contributed by atoms with van der Waals surface area (Å²) in [7, 11) is 0. The Morgan fingerprint density at radius 3 is 2.40 bits per heavy atom. The molecule has 3 rings (SSSR count). The zero-order valence-electron chi connectivity index (χ0n) is 16.2. The minimum atomic E-state index is 0.0433. The molecule has 1 atom stereocenters. The molecule has 1 unspecified atom stereocenters. The molecule has 3 heteroatoms. The van der Waals surface area contributed by atoms with Crippen LogP contribution < -0.4 is 5.32 Å². The summed E-state index contributed by atoms with van der Waals surface area (Å²) in [6.07, 6.45) is 3.31. The monoisotopic (exact) mass is 355 g/mol. The van der Waals surface area contributed by atoms with Crippen LogP contribution in [0.3, 0.4) is 0 Å². The second-order valence-corrected chi connectivity index (χ2v) is 9.55. The number of anilines is 1. The maximum atomic E-state index is 12.9. The van der Waals surface area contributed by atoms with Gasteiger partial charge in [0.05, 0.1) is 5.56 Å². The van der Waals surface area contributed by atoms with E-state index >= 15 is 0 Å². The van der Waals surface area contributed by atoms with E-state index in [2.05, 4.69) is 64.4 Å².